The fourth-order valence-electron chi connectivity index (χ4n) is 2.48. The number of hydrogen-bond donors (Lipinski definition) is 1. The van der Waals surface area contributed by atoms with Crippen LogP contribution in [0.4, 0.5) is 0 Å². The maximum atomic E-state index is 10.8. The fourth-order valence-corrected chi connectivity index (χ4v) is 3.46. The van der Waals surface area contributed by atoms with Gasteiger partial charge in [0.25, 0.3) is 0 Å². The van der Waals surface area contributed by atoms with E-state index in [1.807, 2.05) is 44.2 Å². The van der Waals surface area contributed by atoms with Crippen LogP contribution < -0.4 is 0 Å². The normalized spacial score (nSPS) is 16.2. The van der Waals surface area contributed by atoms with Crippen LogP contribution in [0, 0.1) is 6.92 Å². The topological polar surface area (TPSA) is 33.1 Å². The molecule has 1 aliphatic rings. The predicted molar refractivity (Wildman–Crippen MR) is 88.4 cm³/mol. The maximum Gasteiger partial charge on any atom is 0.0929 e. The Kier molecular flexibility index (Phi) is 3.87. The average molecular weight is 297 g/mol. The van der Waals surface area contributed by atoms with Crippen molar-refractivity contribution in [3.05, 3.63) is 65.0 Å². The van der Waals surface area contributed by atoms with Gasteiger partial charge in [-0.25, -0.2) is 0 Å². The molecule has 0 saturated carbocycles. The van der Waals surface area contributed by atoms with E-state index in [0.29, 0.717) is 5.75 Å². The Morgan fingerprint density at radius 2 is 1.95 bits per heavy atom. The summed E-state index contributed by atoms with van der Waals surface area (Å²) in [6.07, 6.45) is 2.85. The highest BCUT2D eigenvalue weighted by Gasteiger charge is 2.30. The highest BCUT2D eigenvalue weighted by molar-refractivity contribution is 7.99. The molecule has 2 nitrogen and oxygen atoms in total. The van der Waals surface area contributed by atoms with E-state index >= 15 is 0 Å². The van der Waals surface area contributed by atoms with Crippen molar-refractivity contribution in [2.75, 3.05) is 5.75 Å². The lowest BCUT2D eigenvalue weighted by Crippen LogP contribution is -2.30. The van der Waals surface area contributed by atoms with Gasteiger partial charge in [0.2, 0.25) is 0 Å². The van der Waals surface area contributed by atoms with Crippen LogP contribution in [0.5, 0.6) is 0 Å². The Balaban J connectivity index is 1.73. The molecule has 0 saturated heterocycles. The largest absolute Gasteiger partial charge is 0.385 e. The van der Waals surface area contributed by atoms with Crippen LogP contribution in [0.1, 0.15) is 23.9 Å². The summed E-state index contributed by atoms with van der Waals surface area (Å²) in [4.78, 5) is 5.72. The highest BCUT2D eigenvalue weighted by atomic mass is 32.2. The molecule has 1 N–H and O–H groups in total. The summed E-state index contributed by atoms with van der Waals surface area (Å²) in [7, 11) is 0. The first-order chi connectivity index (χ1) is 10.0. The smallest absolute Gasteiger partial charge is 0.0929 e. The first-order valence-electron chi connectivity index (χ1n) is 7.12. The third-order valence-electron chi connectivity index (χ3n) is 3.80. The summed E-state index contributed by atoms with van der Waals surface area (Å²) in [6.45, 7) is 3.89. The Labute approximate surface area is 129 Å². The van der Waals surface area contributed by atoms with Gasteiger partial charge in [-0.1, -0.05) is 24.3 Å². The Morgan fingerprint density at radius 1 is 1.19 bits per heavy atom. The molecule has 1 atom stereocenters. The molecule has 1 aromatic heterocycles. The van der Waals surface area contributed by atoms with Crippen molar-refractivity contribution in [3.8, 4) is 0 Å². The van der Waals surface area contributed by atoms with Gasteiger partial charge in [0.15, 0.2) is 0 Å². The predicted octanol–water partition coefficient (Wildman–Crippen LogP) is 3.87. The second-order valence-electron chi connectivity index (χ2n) is 5.72. The van der Waals surface area contributed by atoms with Gasteiger partial charge >= 0.3 is 0 Å². The summed E-state index contributed by atoms with van der Waals surface area (Å²) in [5.41, 5.74) is 3.48. The van der Waals surface area contributed by atoms with Crippen LogP contribution in [-0.2, 0) is 6.42 Å². The molecular weight excluding hydrogens is 278 g/mol. The Bertz CT molecular complexity index is 677. The number of aromatic nitrogens is 1. The molecule has 0 aliphatic heterocycles. The van der Waals surface area contributed by atoms with Gasteiger partial charge in [-0.05, 0) is 55.7 Å². The zero-order chi connectivity index (χ0) is 14.9. The molecule has 1 aromatic carbocycles. The number of aliphatic hydroxyl groups is 1. The van der Waals surface area contributed by atoms with Gasteiger partial charge in [-0.15, -0.1) is 11.8 Å². The van der Waals surface area contributed by atoms with Crippen molar-refractivity contribution in [1.82, 2.24) is 4.98 Å². The van der Waals surface area contributed by atoms with E-state index in [2.05, 4.69) is 23.2 Å². The Morgan fingerprint density at radius 3 is 2.71 bits per heavy atom. The van der Waals surface area contributed by atoms with E-state index < -0.39 is 5.60 Å². The van der Waals surface area contributed by atoms with Crippen molar-refractivity contribution >= 4 is 17.8 Å². The lowest BCUT2D eigenvalue weighted by Gasteiger charge is -2.24. The third kappa shape index (κ3) is 3.20. The summed E-state index contributed by atoms with van der Waals surface area (Å²) in [6, 6.07) is 14.3. The van der Waals surface area contributed by atoms with Crippen molar-refractivity contribution in [1.29, 1.82) is 0 Å². The molecule has 3 rings (SSSR count). The third-order valence-corrected chi connectivity index (χ3v) is 5.11. The molecule has 1 aliphatic carbocycles. The minimum atomic E-state index is -0.810. The van der Waals surface area contributed by atoms with Crippen LogP contribution in [0.15, 0.2) is 52.9 Å². The minimum absolute atomic E-state index is 0.649. The van der Waals surface area contributed by atoms with Crippen molar-refractivity contribution in [2.24, 2.45) is 0 Å². The molecule has 108 valence electrons. The molecule has 0 fully saturated rings. The molecule has 1 heterocycles. The summed E-state index contributed by atoms with van der Waals surface area (Å²) >= 11 is 1.68. The van der Waals surface area contributed by atoms with Gasteiger partial charge in [0.05, 0.1) is 11.3 Å². The second kappa shape index (κ2) is 5.66. The van der Waals surface area contributed by atoms with Crippen LogP contribution in [0.2, 0.25) is 0 Å². The van der Waals surface area contributed by atoms with E-state index in [1.165, 1.54) is 10.5 Å². The maximum absolute atomic E-state index is 10.8. The highest BCUT2D eigenvalue weighted by Crippen LogP contribution is 2.34. The number of hydrogen-bond acceptors (Lipinski definition) is 3. The zero-order valence-corrected chi connectivity index (χ0v) is 13.2. The monoisotopic (exact) mass is 297 g/mol. The van der Waals surface area contributed by atoms with E-state index in [-0.39, 0.29) is 0 Å². The van der Waals surface area contributed by atoms with E-state index in [0.717, 1.165) is 23.4 Å². The van der Waals surface area contributed by atoms with Gasteiger partial charge in [0, 0.05) is 16.3 Å². The number of nitrogens with zero attached hydrogens (tertiary/aromatic N) is 1. The molecule has 0 radical (unpaired) electrons. The number of fused-ring (bicyclic) bond motifs is 1. The number of thioether (sulfide) groups is 1. The van der Waals surface area contributed by atoms with Crippen LogP contribution in [-0.4, -0.2) is 21.4 Å². The molecule has 0 amide bonds. The summed E-state index contributed by atoms with van der Waals surface area (Å²) in [5.74, 6) is 0.649. The lowest BCUT2D eigenvalue weighted by atomic mass is 9.96. The first kappa shape index (κ1) is 14.4. The fraction of sp³-hybridized carbons (Fsp3) is 0.278. The number of aryl methyl sites for hydroxylation is 1. The number of pyridine rings is 1. The standard InChI is InChI=1S/C18H19NOS/c1-13-8-9-14-10-15(11-17(14)19-13)18(2,20)12-21-16-6-4-3-5-7-16/h3-9,11,20H,10,12H2,1-2H3. The molecule has 1 unspecified atom stereocenters. The first-order valence-corrected chi connectivity index (χ1v) is 8.11. The van der Waals surface area contributed by atoms with Gasteiger partial charge in [-0.3, -0.25) is 4.98 Å². The lowest BCUT2D eigenvalue weighted by molar-refractivity contribution is 0.124. The average Bonchev–Trinajstić information content (AvgIpc) is 2.90. The number of benzene rings is 1. The number of rotatable bonds is 4. The summed E-state index contributed by atoms with van der Waals surface area (Å²) < 4.78 is 0. The van der Waals surface area contributed by atoms with Crippen molar-refractivity contribution in [3.63, 3.8) is 0 Å². The molecular formula is C18H19NOS. The molecule has 2 aromatic rings. The van der Waals surface area contributed by atoms with E-state index in [1.54, 1.807) is 11.8 Å². The molecule has 21 heavy (non-hydrogen) atoms. The van der Waals surface area contributed by atoms with E-state index in [9.17, 15) is 5.11 Å². The summed E-state index contributed by atoms with van der Waals surface area (Å²) in [5, 5.41) is 10.8. The van der Waals surface area contributed by atoms with Crippen molar-refractivity contribution < 1.29 is 5.11 Å². The van der Waals surface area contributed by atoms with E-state index in [4.69, 9.17) is 0 Å². The zero-order valence-electron chi connectivity index (χ0n) is 12.3. The minimum Gasteiger partial charge on any atom is -0.385 e. The van der Waals surface area contributed by atoms with Gasteiger partial charge in [0.1, 0.15) is 0 Å². The van der Waals surface area contributed by atoms with Gasteiger partial charge < -0.3 is 5.11 Å². The quantitative estimate of drug-likeness (QED) is 0.870. The van der Waals surface area contributed by atoms with Gasteiger partial charge in [-0.2, -0.15) is 0 Å². The second-order valence-corrected chi connectivity index (χ2v) is 6.77. The molecule has 0 bridgehead atoms. The SMILES string of the molecule is Cc1ccc2c(n1)C=C(C(C)(O)CSc1ccccc1)C2. The van der Waals surface area contributed by atoms with Crippen LogP contribution >= 0.6 is 11.8 Å². The van der Waals surface area contributed by atoms with Crippen LogP contribution in [0.3, 0.4) is 0 Å². The van der Waals surface area contributed by atoms with Crippen LogP contribution in [0.25, 0.3) is 6.08 Å². The molecule has 0 spiro atoms. The molecule has 3 heteroatoms. The van der Waals surface area contributed by atoms with Crippen molar-refractivity contribution in [2.45, 2.75) is 30.8 Å². The Hall–Kier alpha value is -1.58.